The van der Waals surface area contributed by atoms with Crippen LogP contribution in [0.3, 0.4) is 0 Å². The maximum Gasteiger partial charge on any atom is 0.168 e. The van der Waals surface area contributed by atoms with Crippen molar-refractivity contribution in [3.63, 3.8) is 0 Å². The van der Waals surface area contributed by atoms with Crippen LogP contribution < -0.4 is 0 Å². The van der Waals surface area contributed by atoms with Gasteiger partial charge in [0.1, 0.15) is 0 Å². The molecule has 0 aromatic carbocycles. The van der Waals surface area contributed by atoms with Gasteiger partial charge >= 0.3 is 0 Å². The first-order valence-corrected chi connectivity index (χ1v) is 7.72. The molecule has 0 N–H and O–H groups in total. The van der Waals surface area contributed by atoms with Gasteiger partial charge in [-0.05, 0) is 56.3 Å². The molecule has 2 aliphatic carbocycles. The average molecular weight is 250 g/mol. The van der Waals surface area contributed by atoms with Crippen LogP contribution in [0.1, 0.15) is 51.4 Å². The van der Waals surface area contributed by atoms with Gasteiger partial charge in [-0.15, -0.1) is 6.58 Å². The second-order valence-corrected chi connectivity index (χ2v) is 6.36. The fraction of sp³-hybridized carbons (Fsp3) is 0.875. The zero-order valence-corrected chi connectivity index (χ0v) is 11.4. The van der Waals surface area contributed by atoms with Gasteiger partial charge in [0, 0.05) is 12.8 Å². The first kappa shape index (κ1) is 12.7. The first-order valence-electron chi connectivity index (χ1n) is 7.72. The third kappa shape index (κ3) is 2.50. The molecule has 0 atom stereocenters. The van der Waals surface area contributed by atoms with Gasteiger partial charge in [0.15, 0.2) is 5.79 Å². The lowest BCUT2D eigenvalue weighted by atomic mass is 9.70. The Balaban J connectivity index is 1.49. The maximum atomic E-state index is 5.82. The van der Waals surface area contributed by atoms with E-state index >= 15 is 0 Å². The van der Waals surface area contributed by atoms with E-state index in [1.54, 1.807) is 0 Å². The SMILES string of the molecule is C=CC1CCC(C2CCC3(CC2)OCCO3)CC1. The molecule has 1 heterocycles. The normalized spacial score (nSPS) is 36.9. The number of hydrogen-bond donors (Lipinski definition) is 0. The Bertz CT molecular complexity index is 275. The van der Waals surface area contributed by atoms with E-state index in [-0.39, 0.29) is 5.79 Å². The van der Waals surface area contributed by atoms with Crippen LogP contribution in [0.2, 0.25) is 0 Å². The standard InChI is InChI=1S/C16H26O2/c1-2-13-3-5-14(6-4-13)15-7-9-16(10-8-15)17-11-12-18-16/h2,13-15H,1,3-12H2. The monoisotopic (exact) mass is 250 g/mol. The molecule has 2 nitrogen and oxygen atoms in total. The molecule has 3 aliphatic rings. The minimum Gasteiger partial charge on any atom is -0.348 e. The van der Waals surface area contributed by atoms with Crippen molar-refractivity contribution in [2.75, 3.05) is 13.2 Å². The van der Waals surface area contributed by atoms with Gasteiger partial charge in [0.2, 0.25) is 0 Å². The van der Waals surface area contributed by atoms with E-state index in [0.29, 0.717) is 0 Å². The lowest BCUT2D eigenvalue weighted by Crippen LogP contribution is -2.37. The zero-order chi connectivity index (χ0) is 12.4. The van der Waals surface area contributed by atoms with Crippen molar-refractivity contribution in [1.29, 1.82) is 0 Å². The second-order valence-electron chi connectivity index (χ2n) is 6.36. The lowest BCUT2D eigenvalue weighted by molar-refractivity contribution is -0.185. The Morgan fingerprint density at radius 3 is 1.94 bits per heavy atom. The predicted molar refractivity (Wildman–Crippen MR) is 72.2 cm³/mol. The van der Waals surface area contributed by atoms with Crippen LogP contribution in [0.25, 0.3) is 0 Å². The van der Waals surface area contributed by atoms with Crippen LogP contribution in [-0.4, -0.2) is 19.0 Å². The fourth-order valence-corrected chi connectivity index (χ4v) is 4.19. The molecule has 0 bridgehead atoms. The van der Waals surface area contributed by atoms with Gasteiger partial charge in [-0.1, -0.05) is 6.08 Å². The van der Waals surface area contributed by atoms with Gasteiger partial charge in [0.25, 0.3) is 0 Å². The van der Waals surface area contributed by atoms with Crippen molar-refractivity contribution in [2.45, 2.75) is 57.2 Å². The molecule has 0 aromatic rings. The molecule has 2 heteroatoms. The summed E-state index contributed by atoms with van der Waals surface area (Å²) in [6, 6.07) is 0. The third-order valence-electron chi connectivity index (χ3n) is 5.42. The Morgan fingerprint density at radius 1 is 0.833 bits per heavy atom. The quantitative estimate of drug-likeness (QED) is 0.692. The van der Waals surface area contributed by atoms with E-state index in [9.17, 15) is 0 Å². The van der Waals surface area contributed by atoms with Crippen LogP contribution >= 0.6 is 0 Å². The number of rotatable bonds is 2. The van der Waals surface area contributed by atoms with Gasteiger partial charge < -0.3 is 9.47 Å². The molecular formula is C16H26O2. The summed E-state index contributed by atoms with van der Waals surface area (Å²) in [7, 11) is 0. The Labute approximate surface area is 111 Å². The average Bonchev–Trinajstić information content (AvgIpc) is 2.88. The van der Waals surface area contributed by atoms with Gasteiger partial charge in [-0.25, -0.2) is 0 Å². The Hall–Kier alpha value is -0.340. The molecule has 3 fully saturated rings. The highest BCUT2D eigenvalue weighted by Gasteiger charge is 2.42. The first-order chi connectivity index (χ1) is 8.81. The molecule has 3 rings (SSSR count). The van der Waals surface area contributed by atoms with E-state index in [4.69, 9.17) is 9.47 Å². The van der Waals surface area contributed by atoms with Gasteiger partial charge in [-0.2, -0.15) is 0 Å². The van der Waals surface area contributed by atoms with Crippen molar-refractivity contribution >= 4 is 0 Å². The summed E-state index contributed by atoms with van der Waals surface area (Å²) in [5.74, 6) is 2.50. The minimum absolute atomic E-state index is 0.172. The molecule has 1 saturated heterocycles. The topological polar surface area (TPSA) is 18.5 Å². The third-order valence-corrected chi connectivity index (χ3v) is 5.42. The second kappa shape index (κ2) is 5.34. The highest BCUT2D eigenvalue weighted by molar-refractivity contribution is 4.89. The molecule has 0 radical (unpaired) electrons. The van der Waals surface area contributed by atoms with Crippen molar-refractivity contribution in [3.05, 3.63) is 12.7 Å². The molecule has 0 unspecified atom stereocenters. The predicted octanol–water partition coefficient (Wildman–Crippen LogP) is 3.91. The van der Waals surface area contributed by atoms with Crippen molar-refractivity contribution in [2.24, 2.45) is 17.8 Å². The highest BCUT2D eigenvalue weighted by atomic mass is 16.7. The number of ether oxygens (including phenoxy) is 2. The smallest absolute Gasteiger partial charge is 0.168 e. The summed E-state index contributed by atoms with van der Waals surface area (Å²) in [5, 5.41) is 0. The van der Waals surface area contributed by atoms with Crippen molar-refractivity contribution in [1.82, 2.24) is 0 Å². The number of allylic oxidation sites excluding steroid dienone is 1. The van der Waals surface area contributed by atoms with Crippen LogP contribution in [0, 0.1) is 17.8 Å². The van der Waals surface area contributed by atoms with E-state index in [1.807, 2.05) is 0 Å². The summed E-state index contributed by atoms with van der Waals surface area (Å²) in [6.07, 6.45) is 12.6. The van der Waals surface area contributed by atoms with E-state index < -0.39 is 0 Å². The Kier molecular flexibility index (Phi) is 3.76. The van der Waals surface area contributed by atoms with Crippen LogP contribution in [0.5, 0.6) is 0 Å². The summed E-state index contributed by atoms with van der Waals surface area (Å²) in [4.78, 5) is 0. The molecule has 2 saturated carbocycles. The van der Waals surface area contributed by atoms with Gasteiger partial charge in [0.05, 0.1) is 13.2 Å². The van der Waals surface area contributed by atoms with Crippen LogP contribution in [0.4, 0.5) is 0 Å². The molecule has 102 valence electrons. The van der Waals surface area contributed by atoms with E-state index in [1.165, 1.54) is 38.5 Å². The molecule has 1 spiro atoms. The molecule has 0 aromatic heterocycles. The maximum absolute atomic E-state index is 5.82. The molecular weight excluding hydrogens is 224 g/mol. The number of hydrogen-bond acceptors (Lipinski definition) is 2. The zero-order valence-electron chi connectivity index (χ0n) is 11.4. The van der Waals surface area contributed by atoms with Crippen molar-refractivity contribution in [3.8, 4) is 0 Å². The van der Waals surface area contributed by atoms with Crippen LogP contribution in [-0.2, 0) is 9.47 Å². The summed E-state index contributed by atoms with van der Waals surface area (Å²) in [6.45, 7) is 5.54. The van der Waals surface area contributed by atoms with Gasteiger partial charge in [-0.3, -0.25) is 0 Å². The fourth-order valence-electron chi connectivity index (χ4n) is 4.19. The molecule has 18 heavy (non-hydrogen) atoms. The minimum atomic E-state index is -0.172. The highest BCUT2D eigenvalue weighted by Crippen LogP contribution is 2.45. The largest absolute Gasteiger partial charge is 0.348 e. The summed E-state index contributed by atoms with van der Waals surface area (Å²) >= 11 is 0. The molecule has 0 amide bonds. The van der Waals surface area contributed by atoms with Crippen molar-refractivity contribution < 1.29 is 9.47 Å². The van der Waals surface area contributed by atoms with E-state index in [2.05, 4.69) is 12.7 Å². The van der Waals surface area contributed by atoms with E-state index in [0.717, 1.165) is 43.8 Å². The Morgan fingerprint density at radius 2 is 1.39 bits per heavy atom. The summed E-state index contributed by atoms with van der Waals surface area (Å²) in [5.41, 5.74) is 0. The molecule has 1 aliphatic heterocycles. The van der Waals surface area contributed by atoms with Crippen LogP contribution in [0.15, 0.2) is 12.7 Å². The summed E-state index contributed by atoms with van der Waals surface area (Å²) < 4.78 is 11.6. The lowest BCUT2D eigenvalue weighted by Gasteiger charge is -2.40.